The Bertz CT molecular complexity index is 336. The van der Waals surface area contributed by atoms with Gasteiger partial charge in [0.2, 0.25) is 0 Å². The molecule has 4 aliphatic carbocycles. The van der Waals surface area contributed by atoms with Crippen LogP contribution in [0.25, 0.3) is 0 Å². The van der Waals surface area contributed by atoms with Crippen LogP contribution in [0.5, 0.6) is 0 Å². The maximum atomic E-state index is 2.58. The summed E-state index contributed by atoms with van der Waals surface area (Å²) < 4.78 is 0. The molecule has 0 heterocycles. The quantitative estimate of drug-likeness (QED) is 0.544. The van der Waals surface area contributed by atoms with Gasteiger partial charge in [-0.2, -0.15) is 0 Å². The molecule has 5 unspecified atom stereocenters. The molecule has 0 N–H and O–H groups in total. The summed E-state index contributed by atoms with van der Waals surface area (Å²) in [5, 5.41) is 0. The first-order valence-electron chi connectivity index (χ1n) is 6.28. The Hall–Kier alpha value is 0. The Morgan fingerprint density at radius 2 is 1.21 bits per heavy atom. The average molecular weight is 190 g/mol. The summed E-state index contributed by atoms with van der Waals surface area (Å²) in [6.07, 6.45) is 4.57. The minimum absolute atomic E-state index is 0.724. The van der Waals surface area contributed by atoms with Crippen LogP contribution in [0.3, 0.4) is 0 Å². The first-order chi connectivity index (χ1) is 6.28. The van der Waals surface area contributed by atoms with Crippen LogP contribution in [0.1, 0.15) is 53.9 Å². The monoisotopic (exact) mass is 190 g/mol. The molecule has 0 heteroatoms. The average Bonchev–Trinajstić information content (AvgIpc) is 1.98. The van der Waals surface area contributed by atoms with Crippen LogP contribution < -0.4 is 0 Å². The van der Waals surface area contributed by atoms with Gasteiger partial charge in [0, 0.05) is 0 Å². The maximum absolute atomic E-state index is 2.58. The van der Waals surface area contributed by atoms with E-state index in [4.69, 9.17) is 0 Å². The lowest BCUT2D eigenvalue weighted by molar-refractivity contribution is -0.570. The second kappa shape index (κ2) is 1.44. The summed E-state index contributed by atoms with van der Waals surface area (Å²) in [5.41, 5.74) is 3.72. The first-order valence-corrected chi connectivity index (χ1v) is 6.28. The van der Waals surface area contributed by atoms with E-state index in [1.807, 2.05) is 0 Å². The van der Waals surface area contributed by atoms with E-state index in [-0.39, 0.29) is 0 Å². The Balaban J connectivity index is 1.93. The standard InChI is InChI=1S/C14H22/c1-9-12(4)7-10(2)6-11(3)8-13(9,5)14(10,11)12/h9H,6-8H2,1-5H3/t9?,10-,11?,12?,13?,14?/m1/s1. The second-order valence-corrected chi connectivity index (χ2v) is 7.96. The molecule has 0 radical (unpaired) electrons. The van der Waals surface area contributed by atoms with Crippen molar-refractivity contribution in [1.29, 1.82) is 0 Å². The first kappa shape index (κ1) is 8.19. The predicted octanol–water partition coefficient (Wildman–Crippen LogP) is 3.86. The largest absolute Gasteiger partial charge is 0.0614 e. The van der Waals surface area contributed by atoms with Gasteiger partial charge in [-0.15, -0.1) is 0 Å². The highest BCUT2D eigenvalue weighted by atomic mass is 15.0. The third-order valence-electron chi connectivity index (χ3n) is 7.73. The van der Waals surface area contributed by atoms with Crippen molar-refractivity contribution < 1.29 is 0 Å². The highest BCUT2D eigenvalue weighted by Gasteiger charge is 3.00. The third kappa shape index (κ3) is 0.333. The van der Waals surface area contributed by atoms with Crippen LogP contribution >= 0.6 is 0 Å². The summed E-state index contributed by atoms with van der Waals surface area (Å²) >= 11 is 0. The van der Waals surface area contributed by atoms with Crippen molar-refractivity contribution in [2.24, 2.45) is 33.0 Å². The van der Waals surface area contributed by atoms with Crippen molar-refractivity contribution in [3.63, 3.8) is 0 Å². The molecule has 0 aromatic rings. The van der Waals surface area contributed by atoms with E-state index in [9.17, 15) is 0 Å². The molecule has 0 bridgehead atoms. The van der Waals surface area contributed by atoms with E-state index < -0.39 is 0 Å². The van der Waals surface area contributed by atoms with E-state index in [1.165, 1.54) is 19.3 Å². The van der Waals surface area contributed by atoms with Gasteiger partial charge in [-0.3, -0.25) is 0 Å². The molecule has 6 atom stereocenters. The van der Waals surface area contributed by atoms with E-state index >= 15 is 0 Å². The Morgan fingerprint density at radius 3 is 1.50 bits per heavy atom. The smallest absolute Gasteiger partial charge is 0.00754 e. The Labute approximate surface area is 87.5 Å². The molecular weight excluding hydrogens is 168 g/mol. The van der Waals surface area contributed by atoms with Gasteiger partial charge >= 0.3 is 0 Å². The lowest BCUT2D eigenvalue weighted by Gasteiger charge is -3.04. The van der Waals surface area contributed by atoms with Gasteiger partial charge in [0.1, 0.15) is 0 Å². The topological polar surface area (TPSA) is 0 Å². The van der Waals surface area contributed by atoms with Gasteiger partial charge < -0.3 is 0 Å². The van der Waals surface area contributed by atoms with Crippen LogP contribution in [0.4, 0.5) is 0 Å². The van der Waals surface area contributed by atoms with E-state index in [0.717, 1.165) is 33.0 Å². The maximum Gasteiger partial charge on any atom is -0.00754 e. The van der Waals surface area contributed by atoms with Crippen molar-refractivity contribution >= 4 is 0 Å². The fourth-order valence-corrected chi connectivity index (χ4v) is 8.80. The Morgan fingerprint density at radius 1 is 0.786 bits per heavy atom. The molecule has 4 fully saturated rings. The molecule has 4 rings (SSSR count). The van der Waals surface area contributed by atoms with E-state index in [2.05, 4.69) is 34.6 Å². The van der Waals surface area contributed by atoms with Crippen molar-refractivity contribution in [2.75, 3.05) is 0 Å². The van der Waals surface area contributed by atoms with Crippen molar-refractivity contribution in [2.45, 2.75) is 53.9 Å². The molecule has 0 amide bonds. The summed E-state index contributed by atoms with van der Waals surface area (Å²) in [6, 6.07) is 0. The zero-order chi connectivity index (χ0) is 10.2. The molecule has 4 aliphatic rings. The lowest BCUT2D eigenvalue weighted by atomic mass is 8.99. The molecule has 78 valence electrons. The summed E-state index contributed by atoms with van der Waals surface area (Å²) in [6.45, 7) is 12.8. The second-order valence-electron chi connectivity index (χ2n) is 7.96. The van der Waals surface area contributed by atoms with Crippen LogP contribution in [-0.4, -0.2) is 0 Å². The van der Waals surface area contributed by atoms with Gasteiger partial charge in [-0.05, 0) is 52.3 Å². The van der Waals surface area contributed by atoms with Crippen molar-refractivity contribution in [1.82, 2.24) is 0 Å². The molecule has 4 saturated carbocycles. The minimum Gasteiger partial charge on any atom is -0.0614 e. The van der Waals surface area contributed by atoms with E-state index in [1.54, 1.807) is 0 Å². The molecular formula is C14H22. The number of hydrogen-bond acceptors (Lipinski definition) is 0. The molecule has 1 spiro atoms. The fourth-order valence-electron chi connectivity index (χ4n) is 8.80. The van der Waals surface area contributed by atoms with Gasteiger partial charge in [-0.1, -0.05) is 34.6 Å². The van der Waals surface area contributed by atoms with Gasteiger partial charge in [0.05, 0.1) is 0 Å². The van der Waals surface area contributed by atoms with Crippen molar-refractivity contribution in [3.8, 4) is 0 Å². The van der Waals surface area contributed by atoms with Crippen LogP contribution in [0.2, 0.25) is 0 Å². The summed E-state index contributed by atoms with van der Waals surface area (Å²) in [5.74, 6) is 0.983. The molecule has 0 aromatic carbocycles. The molecule has 0 aliphatic heterocycles. The molecule has 0 aromatic heterocycles. The van der Waals surface area contributed by atoms with Crippen LogP contribution in [0, 0.1) is 33.0 Å². The van der Waals surface area contributed by atoms with Crippen LogP contribution in [0.15, 0.2) is 0 Å². The third-order valence-corrected chi connectivity index (χ3v) is 7.73. The highest BCUT2D eigenvalue weighted by Crippen LogP contribution is 3.06. The summed E-state index contributed by atoms with van der Waals surface area (Å²) in [4.78, 5) is 0. The lowest BCUT2D eigenvalue weighted by Crippen LogP contribution is -2.99. The zero-order valence-corrected chi connectivity index (χ0v) is 10.2. The Kier molecular flexibility index (Phi) is 0.845. The number of rotatable bonds is 0. The zero-order valence-electron chi connectivity index (χ0n) is 10.2. The minimum atomic E-state index is 0.724. The normalized spacial score (nSPS) is 82.5. The van der Waals surface area contributed by atoms with Crippen LogP contribution in [-0.2, 0) is 0 Å². The fraction of sp³-hybridized carbons (Fsp3) is 1.00. The molecule has 0 nitrogen and oxygen atoms in total. The predicted molar refractivity (Wildman–Crippen MR) is 57.9 cm³/mol. The van der Waals surface area contributed by atoms with Crippen molar-refractivity contribution in [3.05, 3.63) is 0 Å². The van der Waals surface area contributed by atoms with E-state index in [0.29, 0.717) is 0 Å². The number of hydrogen-bond donors (Lipinski definition) is 0. The highest BCUT2D eigenvalue weighted by molar-refractivity contribution is 5.48. The summed E-state index contributed by atoms with van der Waals surface area (Å²) in [7, 11) is 0. The van der Waals surface area contributed by atoms with Gasteiger partial charge in [-0.25, -0.2) is 0 Å². The van der Waals surface area contributed by atoms with Gasteiger partial charge in [0.15, 0.2) is 0 Å². The molecule has 14 heavy (non-hydrogen) atoms. The SMILES string of the molecule is CC1C2(C)CC3(C)C[C@]4(C)CC1(C)C324. The molecule has 0 saturated heterocycles. The van der Waals surface area contributed by atoms with Gasteiger partial charge in [0.25, 0.3) is 0 Å².